The van der Waals surface area contributed by atoms with E-state index >= 15 is 0 Å². The van der Waals surface area contributed by atoms with Crippen LogP contribution in [0.2, 0.25) is 0 Å². The lowest BCUT2D eigenvalue weighted by Crippen LogP contribution is -2.17. The fourth-order valence-electron chi connectivity index (χ4n) is 10.3. The van der Waals surface area contributed by atoms with Gasteiger partial charge in [-0.2, -0.15) is 29.0 Å². The Bertz CT molecular complexity index is 5900. The molecule has 1 aliphatic rings. The number of fused-ring (bicyclic) bond motifs is 1. The van der Waals surface area contributed by atoms with Gasteiger partial charge in [0.05, 0.1) is 57.7 Å². The number of carbonyl (C=O) groups is 1. The first-order valence-corrected chi connectivity index (χ1v) is 36.3. The van der Waals surface area contributed by atoms with Crippen molar-refractivity contribution in [3.63, 3.8) is 0 Å². The van der Waals surface area contributed by atoms with E-state index in [9.17, 15) is 24.0 Å². The fraction of sp³-hybridized carbons (Fsp3) is 0.100. The maximum atomic E-state index is 13.0. The van der Waals surface area contributed by atoms with Gasteiger partial charge in [0.1, 0.15) is 0 Å². The molecule has 103 heavy (non-hydrogen) atoms. The smallest absolute Gasteiger partial charge is 0.293 e. The Hall–Kier alpha value is -12.3. The molecule has 16 rings (SSSR count). The minimum absolute atomic E-state index is 0.0661. The number of aliphatic imine (C=N–C) groups is 2. The number of carbonyl (C=O) groups excluding carboxylic acids is 1. The summed E-state index contributed by atoms with van der Waals surface area (Å²) in [5.41, 5.74) is 19.5. The van der Waals surface area contributed by atoms with E-state index in [1.807, 2.05) is 183 Å². The third kappa shape index (κ3) is 15.4. The van der Waals surface area contributed by atoms with E-state index in [4.69, 9.17) is 5.53 Å². The number of azo groups is 2. The van der Waals surface area contributed by atoms with Crippen LogP contribution in [0.25, 0.3) is 65.6 Å². The lowest BCUT2D eigenvalue weighted by molar-refractivity contribution is 0.0994. The average molecular weight is 1480 g/mol. The van der Waals surface area contributed by atoms with Gasteiger partial charge in [0.2, 0.25) is 25.7 Å². The van der Waals surface area contributed by atoms with Gasteiger partial charge in [0, 0.05) is 84.0 Å². The van der Waals surface area contributed by atoms with Crippen LogP contribution in [-0.4, -0.2) is 87.4 Å². The van der Waals surface area contributed by atoms with E-state index in [-0.39, 0.29) is 38.7 Å². The maximum absolute atomic E-state index is 13.0. The van der Waals surface area contributed by atoms with Gasteiger partial charge < -0.3 is 0 Å². The van der Waals surface area contributed by atoms with E-state index < -0.39 is 11.5 Å². The van der Waals surface area contributed by atoms with Crippen molar-refractivity contribution in [3.8, 4) is 65.6 Å². The number of nitrogens with zero attached hydrogens (tertiary/aromatic N) is 17. The highest BCUT2D eigenvalue weighted by molar-refractivity contribution is 7.15. The average Bonchev–Trinajstić information content (AvgIpc) is 1.66. The summed E-state index contributed by atoms with van der Waals surface area (Å²) < 4.78 is 5.53. The summed E-state index contributed by atoms with van der Waals surface area (Å²) in [6.07, 6.45) is 6.58. The van der Waals surface area contributed by atoms with Crippen molar-refractivity contribution in [3.05, 3.63) is 269 Å². The predicted molar refractivity (Wildman–Crippen MR) is 405 cm³/mol. The van der Waals surface area contributed by atoms with Crippen LogP contribution in [0, 0.1) is 47.1 Å². The second kappa shape index (κ2) is 31.1. The molecule has 1 amide bonds. The summed E-state index contributed by atoms with van der Waals surface area (Å²) in [4.78, 5) is 99.3. The Kier molecular flexibility index (Phi) is 20.9. The molecule has 15 aromatic rings. The van der Waals surface area contributed by atoms with Crippen LogP contribution < -0.4 is 22.2 Å². The normalized spacial score (nSPS) is 11.6. The Balaban J connectivity index is 0.000000123. The van der Waals surface area contributed by atoms with Crippen molar-refractivity contribution in [2.75, 3.05) is 0 Å². The summed E-state index contributed by atoms with van der Waals surface area (Å²) in [5, 5.41) is 41.5. The molecule has 0 saturated heterocycles. The van der Waals surface area contributed by atoms with E-state index in [1.165, 1.54) is 87.2 Å². The van der Waals surface area contributed by atoms with Crippen LogP contribution in [-0.2, 0) is 6.54 Å². The van der Waals surface area contributed by atoms with Crippen molar-refractivity contribution in [2.45, 2.75) is 48.1 Å². The first-order chi connectivity index (χ1) is 50.1. The van der Waals surface area contributed by atoms with Crippen LogP contribution in [0.1, 0.15) is 59.0 Å². The van der Waals surface area contributed by atoms with Crippen LogP contribution in [0.15, 0.2) is 228 Å². The molecule has 5 aromatic carbocycles. The SMILES string of the molecule is Cc1[nH]n(-c2nc(-c3ccccc3)c(C)s2)c(=O)c1C=Nc1nccs1.Cc1[nH]n(-c2nc(-c3ccccc3)c(C)s2)c(=O)c1N=Nc1ccc2c(c1)C=NC2.Cc1[nH]n(-c2nc(-c3ccccc3)cs2)c(=O)c1N=N.Cc1[nH]n(-c2nc(-c3ccccc3)cs2)c(=O)c1N=NC(=O)c1nccs1. The van der Waals surface area contributed by atoms with Crippen LogP contribution in [0.3, 0.4) is 0 Å². The summed E-state index contributed by atoms with van der Waals surface area (Å²) in [6.45, 7) is 11.8. The molecule has 0 aliphatic carbocycles. The van der Waals surface area contributed by atoms with Crippen molar-refractivity contribution in [1.82, 2.24) is 69.0 Å². The molecule has 0 atom stereocenters. The quantitative estimate of drug-likeness (QED) is 0.0474. The van der Waals surface area contributed by atoms with Gasteiger partial charge in [-0.1, -0.05) is 150 Å². The number of hydrogen-bond donors (Lipinski definition) is 5. The number of amides is 1. The lowest BCUT2D eigenvalue weighted by atomic mass is 10.1. The number of benzene rings is 5. The second-order valence-electron chi connectivity index (χ2n) is 22.3. The number of aromatic nitrogens is 14. The molecule has 0 bridgehead atoms. The monoisotopic (exact) mass is 1480 g/mol. The highest BCUT2D eigenvalue weighted by Crippen LogP contribution is 2.33. The van der Waals surface area contributed by atoms with Crippen LogP contribution in [0.5, 0.6) is 0 Å². The van der Waals surface area contributed by atoms with E-state index in [2.05, 4.69) is 85.9 Å². The molecule has 33 heteroatoms. The lowest BCUT2D eigenvalue weighted by Gasteiger charge is -1.97. The van der Waals surface area contributed by atoms with Gasteiger partial charge in [-0.15, -0.1) is 60.7 Å². The van der Waals surface area contributed by atoms with Crippen molar-refractivity contribution >= 4 is 114 Å². The van der Waals surface area contributed by atoms with Crippen molar-refractivity contribution < 1.29 is 4.79 Å². The first-order valence-electron chi connectivity index (χ1n) is 31.1. The van der Waals surface area contributed by atoms with Gasteiger partial charge in [-0.3, -0.25) is 49.4 Å². The zero-order valence-corrected chi connectivity index (χ0v) is 60.1. The third-order valence-corrected chi connectivity index (χ3v) is 20.4. The number of nitrogens with one attached hydrogen (secondary N) is 5. The summed E-state index contributed by atoms with van der Waals surface area (Å²) in [7, 11) is 0. The number of aromatic amines is 4. The molecule has 11 heterocycles. The van der Waals surface area contributed by atoms with Gasteiger partial charge in [0.25, 0.3) is 5.56 Å². The van der Waals surface area contributed by atoms with Gasteiger partial charge in [0.15, 0.2) is 22.1 Å². The molecule has 0 spiro atoms. The van der Waals surface area contributed by atoms with Crippen molar-refractivity contribution in [2.24, 2.45) is 35.6 Å². The highest BCUT2D eigenvalue weighted by atomic mass is 32.1. The van der Waals surface area contributed by atoms with E-state index in [0.29, 0.717) is 60.5 Å². The van der Waals surface area contributed by atoms with Gasteiger partial charge in [-0.05, 0) is 64.8 Å². The van der Waals surface area contributed by atoms with E-state index in [1.54, 1.807) is 38.6 Å². The highest BCUT2D eigenvalue weighted by Gasteiger charge is 2.22. The number of H-pyrrole nitrogens is 4. The largest absolute Gasteiger partial charge is 0.324 e. The molecule has 10 aromatic heterocycles. The fourth-order valence-corrected chi connectivity index (χ4v) is 14.6. The van der Waals surface area contributed by atoms with Gasteiger partial charge in [-0.25, -0.2) is 40.4 Å². The number of hydrogen-bond acceptors (Lipinski definition) is 24. The van der Waals surface area contributed by atoms with Gasteiger partial charge >= 0.3 is 22.6 Å². The number of aryl methyl sites for hydroxylation is 6. The van der Waals surface area contributed by atoms with Crippen molar-refractivity contribution in [1.29, 1.82) is 5.53 Å². The number of rotatable bonds is 15. The minimum atomic E-state index is -0.586. The summed E-state index contributed by atoms with van der Waals surface area (Å²) >= 11 is 8.22. The Labute approximate surface area is 607 Å². The standard InChI is InChI=1S/C22H18N6OS.C18H15N5OS2.C17H12N6O2S2.C13H11N5OS/c1-13-19(26-25-18-9-8-16-11-23-12-17(16)10-18)21(29)28(27-13)22-24-20(14(2)30-22)15-6-4-3-5-7-15;1-11-14(10-20-17-19-8-9-25-17)16(24)23(22-11)18-21-15(12(2)26-18)13-6-4-3-5-7-13;1-10-13(20-21-14(24)15-18-7-8-26-15)16(25)23(22-10)17-19-12(9-27-17)11-5-3-2-4-6-11;1-8-11(16-14)12(19)18(17-8)13-15-10(7-20-13)9-5-3-2-4-6-9/h3-10,12,27H,11H2,1-2H3;3-10,22H,1-2H3;2-9,22H,1H3;2-7,14,17H,1H3. The molecule has 1 aliphatic heterocycles. The molecular weight excluding hydrogens is 1420 g/mol. The van der Waals surface area contributed by atoms with Crippen LogP contribution in [0.4, 0.5) is 27.9 Å². The molecule has 27 nitrogen and oxygen atoms in total. The zero-order chi connectivity index (χ0) is 71.7. The molecule has 5 N–H and O–H groups in total. The Morgan fingerprint density at radius 3 is 1.49 bits per heavy atom. The van der Waals surface area contributed by atoms with Crippen LogP contribution >= 0.6 is 68.0 Å². The number of thiazole rings is 6. The molecule has 512 valence electrons. The maximum Gasteiger partial charge on any atom is 0.324 e. The predicted octanol–water partition coefficient (Wildman–Crippen LogP) is 16.6. The minimum Gasteiger partial charge on any atom is -0.293 e. The van der Waals surface area contributed by atoms with E-state index in [0.717, 1.165) is 77.4 Å². The molecule has 0 radical (unpaired) electrons. The molecular formula is C70H56N22O5S6. The Morgan fingerprint density at radius 1 is 0.505 bits per heavy atom. The first kappa shape index (κ1) is 69.2. The zero-order valence-electron chi connectivity index (χ0n) is 55.2. The Morgan fingerprint density at radius 2 is 0.981 bits per heavy atom. The second-order valence-corrected chi connectivity index (χ2v) is 28.2. The molecule has 0 fully saturated rings. The third-order valence-electron chi connectivity index (χ3n) is 15.4. The summed E-state index contributed by atoms with van der Waals surface area (Å²) in [6, 6.07) is 45.1. The topological polar surface area (TPSA) is 356 Å². The molecule has 0 saturated carbocycles. The molecule has 0 unspecified atom stereocenters. The summed E-state index contributed by atoms with van der Waals surface area (Å²) in [5.74, 6) is -0.586.